The first-order chi connectivity index (χ1) is 15.4. The third-order valence-electron chi connectivity index (χ3n) is 4.61. The van der Waals surface area contributed by atoms with Gasteiger partial charge in [-0.1, -0.05) is 42.1 Å². The van der Waals surface area contributed by atoms with Crippen LogP contribution in [0.4, 0.5) is 8.78 Å². The fourth-order valence-corrected chi connectivity index (χ4v) is 4.03. The van der Waals surface area contributed by atoms with Gasteiger partial charge < -0.3 is 9.64 Å². The molecule has 0 aliphatic carbocycles. The Bertz CT molecular complexity index is 1090. The summed E-state index contributed by atoms with van der Waals surface area (Å²) < 4.78 is 34.5. The first-order valence-corrected chi connectivity index (χ1v) is 10.8. The van der Waals surface area contributed by atoms with Crippen molar-refractivity contribution in [2.75, 3.05) is 7.05 Å². The van der Waals surface area contributed by atoms with Gasteiger partial charge in [-0.15, -0.1) is 16.8 Å². The summed E-state index contributed by atoms with van der Waals surface area (Å²) >= 11 is 1.25. The second-order valence-electron chi connectivity index (χ2n) is 7.10. The van der Waals surface area contributed by atoms with Crippen LogP contribution < -0.4 is 4.74 Å². The smallest absolute Gasteiger partial charge is 0.235 e. The molecular weight excluding hydrogens is 434 g/mol. The molecule has 0 radical (unpaired) electrons. The fourth-order valence-electron chi connectivity index (χ4n) is 3.04. The molecule has 1 amide bonds. The maximum Gasteiger partial charge on any atom is 0.235 e. The molecular formula is C23H24F2N4O2S. The number of carbonyl (C=O) groups is 1. The van der Waals surface area contributed by atoms with Crippen molar-refractivity contribution in [2.45, 2.75) is 37.0 Å². The van der Waals surface area contributed by atoms with Gasteiger partial charge in [-0.3, -0.25) is 9.36 Å². The molecule has 1 aromatic heterocycles. The topological polar surface area (TPSA) is 60.2 Å². The van der Waals surface area contributed by atoms with E-state index in [2.05, 4.69) is 16.8 Å². The molecule has 1 unspecified atom stereocenters. The van der Waals surface area contributed by atoms with E-state index in [9.17, 15) is 13.6 Å². The highest BCUT2D eigenvalue weighted by Gasteiger charge is 2.23. The fraction of sp³-hybridized carbons (Fsp3) is 0.261. The lowest BCUT2D eigenvalue weighted by atomic mass is 10.2. The molecule has 1 heterocycles. The molecule has 0 N–H and O–H groups in total. The van der Waals surface area contributed by atoms with Gasteiger partial charge in [0, 0.05) is 20.1 Å². The molecule has 0 aliphatic heterocycles. The first kappa shape index (κ1) is 23.5. The number of rotatable bonds is 10. The second kappa shape index (κ2) is 10.9. The molecule has 32 heavy (non-hydrogen) atoms. The van der Waals surface area contributed by atoms with Gasteiger partial charge in [-0.25, -0.2) is 8.78 Å². The third kappa shape index (κ3) is 5.94. The van der Waals surface area contributed by atoms with E-state index in [-0.39, 0.29) is 24.1 Å². The van der Waals surface area contributed by atoms with Crippen LogP contribution >= 0.6 is 11.8 Å². The van der Waals surface area contributed by atoms with Crippen LogP contribution in [0.25, 0.3) is 0 Å². The summed E-state index contributed by atoms with van der Waals surface area (Å²) in [6.07, 6.45) is 1.68. The minimum atomic E-state index is -0.461. The van der Waals surface area contributed by atoms with Gasteiger partial charge >= 0.3 is 0 Å². The molecule has 3 aromatic rings. The minimum Gasteiger partial charge on any atom is -0.483 e. The summed E-state index contributed by atoms with van der Waals surface area (Å²) in [5, 5.41) is 8.39. The molecule has 2 aromatic carbocycles. The van der Waals surface area contributed by atoms with Crippen LogP contribution in [0, 0.1) is 11.6 Å². The molecule has 168 valence electrons. The maximum atomic E-state index is 13.8. The summed E-state index contributed by atoms with van der Waals surface area (Å²) in [6.45, 7) is 6.25. The van der Waals surface area contributed by atoms with Crippen molar-refractivity contribution in [1.29, 1.82) is 0 Å². The number of aromatic nitrogens is 3. The molecule has 1 atom stereocenters. The highest BCUT2D eigenvalue weighted by atomic mass is 32.2. The van der Waals surface area contributed by atoms with Gasteiger partial charge in [0.05, 0.1) is 5.25 Å². The van der Waals surface area contributed by atoms with E-state index in [4.69, 9.17) is 4.74 Å². The molecule has 0 aliphatic rings. The van der Waals surface area contributed by atoms with Crippen LogP contribution in [0.3, 0.4) is 0 Å². The van der Waals surface area contributed by atoms with E-state index in [1.807, 2.05) is 0 Å². The van der Waals surface area contributed by atoms with Crippen LogP contribution in [0.1, 0.15) is 18.3 Å². The number of thioether (sulfide) groups is 1. The quantitative estimate of drug-likeness (QED) is 0.332. The number of para-hydroxylation sites is 1. The van der Waals surface area contributed by atoms with Gasteiger partial charge in [-0.05, 0) is 36.8 Å². The Morgan fingerprint density at radius 3 is 2.75 bits per heavy atom. The highest BCUT2D eigenvalue weighted by Crippen LogP contribution is 2.25. The molecule has 3 rings (SSSR count). The molecule has 0 saturated carbocycles. The Balaban J connectivity index is 1.67. The van der Waals surface area contributed by atoms with E-state index in [0.29, 0.717) is 29.6 Å². The molecule has 6 nitrogen and oxygen atoms in total. The number of ether oxygens (including phenoxy) is 1. The maximum absolute atomic E-state index is 13.8. The zero-order chi connectivity index (χ0) is 23.1. The van der Waals surface area contributed by atoms with Crippen molar-refractivity contribution in [2.24, 2.45) is 0 Å². The van der Waals surface area contributed by atoms with E-state index in [1.165, 1.54) is 36.0 Å². The van der Waals surface area contributed by atoms with Crippen LogP contribution in [0.15, 0.2) is 66.3 Å². The average Bonchev–Trinajstić information content (AvgIpc) is 3.14. The number of halogens is 2. The van der Waals surface area contributed by atoms with Gasteiger partial charge in [0.15, 0.2) is 22.5 Å². The number of allylic oxidation sites excluding steroid dienone is 1. The zero-order valence-corrected chi connectivity index (χ0v) is 18.7. The molecule has 0 fully saturated rings. The largest absolute Gasteiger partial charge is 0.483 e. The van der Waals surface area contributed by atoms with Crippen molar-refractivity contribution in [3.8, 4) is 5.75 Å². The molecule has 0 spiro atoms. The summed E-state index contributed by atoms with van der Waals surface area (Å²) in [4.78, 5) is 14.4. The number of hydrogen-bond acceptors (Lipinski definition) is 5. The number of carbonyl (C=O) groups excluding carboxylic acids is 1. The monoisotopic (exact) mass is 458 g/mol. The van der Waals surface area contributed by atoms with Gasteiger partial charge in [0.1, 0.15) is 12.4 Å². The van der Waals surface area contributed by atoms with E-state index in [0.717, 1.165) is 0 Å². The lowest BCUT2D eigenvalue weighted by Gasteiger charge is -2.21. The van der Waals surface area contributed by atoms with Crippen molar-refractivity contribution >= 4 is 17.7 Å². The van der Waals surface area contributed by atoms with E-state index >= 15 is 0 Å². The van der Waals surface area contributed by atoms with E-state index < -0.39 is 11.1 Å². The Morgan fingerprint density at radius 1 is 1.25 bits per heavy atom. The highest BCUT2D eigenvalue weighted by molar-refractivity contribution is 8.00. The Kier molecular flexibility index (Phi) is 7.99. The van der Waals surface area contributed by atoms with Crippen molar-refractivity contribution < 1.29 is 18.3 Å². The zero-order valence-electron chi connectivity index (χ0n) is 17.9. The van der Waals surface area contributed by atoms with E-state index in [1.54, 1.807) is 53.8 Å². The van der Waals surface area contributed by atoms with Crippen molar-refractivity contribution in [1.82, 2.24) is 19.7 Å². The summed E-state index contributed by atoms with van der Waals surface area (Å²) in [7, 11) is 1.67. The van der Waals surface area contributed by atoms with Crippen LogP contribution in [0.2, 0.25) is 0 Å². The molecule has 0 bridgehead atoms. The number of benzene rings is 2. The summed E-state index contributed by atoms with van der Waals surface area (Å²) in [6, 6.07) is 12.3. The summed E-state index contributed by atoms with van der Waals surface area (Å²) in [5.74, 6) is -0.316. The Morgan fingerprint density at radius 2 is 2.03 bits per heavy atom. The molecule has 9 heteroatoms. The van der Waals surface area contributed by atoms with Crippen LogP contribution in [-0.2, 0) is 24.5 Å². The Labute approximate surface area is 189 Å². The van der Waals surface area contributed by atoms with Crippen LogP contribution in [0.5, 0.6) is 5.75 Å². The normalized spacial score (nSPS) is 11.8. The lowest BCUT2D eigenvalue weighted by Crippen LogP contribution is -2.33. The number of amides is 1. The second-order valence-corrected chi connectivity index (χ2v) is 8.41. The third-order valence-corrected chi connectivity index (χ3v) is 5.68. The minimum absolute atomic E-state index is 0.0180. The summed E-state index contributed by atoms with van der Waals surface area (Å²) in [5.41, 5.74) is 0.709. The first-order valence-electron chi connectivity index (χ1n) is 9.95. The van der Waals surface area contributed by atoms with Crippen molar-refractivity contribution in [3.63, 3.8) is 0 Å². The van der Waals surface area contributed by atoms with Crippen LogP contribution in [-0.4, -0.2) is 37.9 Å². The lowest BCUT2D eigenvalue weighted by molar-refractivity contribution is -0.129. The number of nitrogens with zero attached hydrogens (tertiary/aromatic N) is 4. The number of hydrogen-bond donors (Lipinski definition) is 0. The average molecular weight is 459 g/mol. The predicted octanol–water partition coefficient (Wildman–Crippen LogP) is 4.46. The van der Waals surface area contributed by atoms with Gasteiger partial charge in [0.25, 0.3) is 0 Å². The van der Waals surface area contributed by atoms with Gasteiger partial charge in [0.2, 0.25) is 5.91 Å². The van der Waals surface area contributed by atoms with Gasteiger partial charge in [-0.2, -0.15) is 0 Å². The standard InChI is InChI=1S/C23H24F2N4O2S/c1-4-12-29-21(15-31-20-11-6-5-10-19(20)25)26-27-23(29)32-16(2)22(30)28(3)14-17-8-7-9-18(24)13-17/h4-11,13,16H,1,12,14-15H2,2-3H3. The Hall–Kier alpha value is -3.20. The van der Waals surface area contributed by atoms with Crippen molar-refractivity contribution in [3.05, 3.63) is 84.2 Å². The predicted molar refractivity (Wildman–Crippen MR) is 119 cm³/mol. The molecule has 0 saturated heterocycles. The SMILES string of the molecule is C=CCn1c(COc2ccccc2F)nnc1SC(C)C(=O)N(C)Cc1cccc(F)c1.